The minimum atomic E-state index is -4.46. The van der Waals surface area contributed by atoms with E-state index in [2.05, 4.69) is 15.8 Å². The lowest BCUT2D eigenvalue weighted by Gasteiger charge is -2.10. The summed E-state index contributed by atoms with van der Waals surface area (Å²) in [5, 5.41) is 16.4. The Bertz CT molecular complexity index is 851. The molecule has 0 radical (unpaired) electrons. The maximum Gasteiger partial charge on any atom is 0.416 e. The number of carbonyl (C=O) groups is 1. The third-order valence-corrected chi connectivity index (χ3v) is 3.59. The Labute approximate surface area is 153 Å². The molecule has 0 saturated heterocycles. The monoisotopic (exact) mass is 381 g/mol. The van der Waals surface area contributed by atoms with Crippen LogP contribution in [0.3, 0.4) is 0 Å². The maximum absolute atomic E-state index is 12.7. The minimum Gasteiger partial charge on any atom is -0.507 e. The van der Waals surface area contributed by atoms with Gasteiger partial charge in [0, 0.05) is 17.3 Å². The molecule has 3 N–H and O–H groups in total. The van der Waals surface area contributed by atoms with Crippen LogP contribution >= 0.6 is 0 Å². The van der Waals surface area contributed by atoms with Crippen LogP contribution in [0.5, 0.6) is 11.5 Å². The van der Waals surface area contributed by atoms with Crippen molar-refractivity contribution in [3.05, 3.63) is 53.6 Å². The van der Waals surface area contributed by atoms with E-state index in [-0.39, 0.29) is 18.0 Å². The summed E-state index contributed by atoms with van der Waals surface area (Å²) < 4.78 is 43.0. The Hall–Kier alpha value is -3.23. The smallest absolute Gasteiger partial charge is 0.416 e. The first-order valence-electron chi connectivity index (χ1n) is 7.82. The average molecular weight is 381 g/mol. The van der Waals surface area contributed by atoms with Gasteiger partial charge in [-0.3, -0.25) is 4.79 Å². The van der Waals surface area contributed by atoms with Gasteiger partial charge in [0.25, 0.3) is 5.91 Å². The largest absolute Gasteiger partial charge is 0.507 e. The first-order valence-corrected chi connectivity index (χ1v) is 7.82. The number of aromatic hydroxyl groups is 1. The molecular weight excluding hydrogens is 363 g/mol. The average Bonchev–Trinajstić information content (AvgIpc) is 2.63. The molecule has 6 nitrogen and oxygen atoms in total. The zero-order valence-corrected chi connectivity index (χ0v) is 14.6. The van der Waals surface area contributed by atoms with Crippen LogP contribution in [0.15, 0.2) is 47.6 Å². The molecule has 0 atom stereocenters. The molecule has 2 rings (SSSR count). The number of alkyl halides is 3. The topological polar surface area (TPSA) is 83.0 Å². The van der Waals surface area contributed by atoms with E-state index in [0.29, 0.717) is 17.0 Å². The number of nitrogens with zero attached hydrogens (tertiary/aromatic N) is 1. The van der Waals surface area contributed by atoms with Crippen molar-refractivity contribution in [2.75, 3.05) is 19.0 Å². The number of hydrogen-bond acceptors (Lipinski definition) is 5. The lowest BCUT2D eigenvalue weighted by Crippen LogP contribution is -2.26. The van der Waals surface area contributed by atoms with Crippen LogP contribution in [-0.2, 0) is 11.0 Å². The molecule has 0 saturated carbocycles. The summed E-state index contributed by atoms with van der Waals surface area (Å²) in [5.74, 6) is -0.148. The first-order chi connectivity index (χ1) is 12.7. The molecule has 0 fully saturated rings. The van der Waals surface area contributed by atoms with Crippen LogP contribution in [0, 0.1) is 0 Å². The number of benzene rings is 2. The molecule has 0 aliphatic rings. The van der Waals surface area contributed by atoms with E-state index < -0.39 is 17.6 Å². The number of amides is 1. The van der Waals surface area contributed by atoms with E-state index in [4.69, 9.17) is 4.74 Å². The molecule has 0 unspecified atom stereocenters. The van der Waals surface area contributed by atoms with Crippen molar-refractivity contribution in [2.24, 2.45) is 5.10 Å². The van der Waals surface area contributed by atoms with Gasteiger partial charge in [0.15, 0.2) is 0 Å². The number of hydrogen-bond donors (Lipinski definition) is 3. The molecule has 1 amide bonds. The fourth-order valence-electron chi connectivity index (χ4n) is 2.18. The Balaban J connectivity index is 1.95. The van der Waals surface area contributed by atoms with Crippen molar-refractivity contribution in [1.82, 2.24) is 5.43 Å². The van der Waals surface area contributed by atoms with Crippen LogP contribution in [0.1, 0.15) is 18.1 Å². The number of carbonyl (C=O) groups excluding carboxylic acids is 1. The van der Waals surface area contributed by atoms with E-state index in [9.17, 15) is 23.1 Å². The number of hydrazone groups is 1. The summed E-state index contributed by atoms with van der Waals surface area (Å²) >= 11 is 0. The van der Waals surface area contributed by atoms with Gasteiger partial charge in [-0.2, -0.15) is 18.3 Å². The van der Waals surface area contributed by atoms with Crippen molar-refractivity contribution in [2.45, 2.75) is 13.1 Å². The van der Waals surface area contributed by atoms with E-state index in [1.807, 2.05) is 0 Å². The van der Waals surface area contributed by atoms with Gasteiger partial charge in [-0.15, -0.1) is 0 Å². The molecule has 0 aliphatic heterocycles. The highest BCUT2D eigenvalue weighted by Crippen LogP contribution is 2.30. The number of rotatable bonds is 6. The summed E-state index contributed by atoms with van der Waals surface area (Å²) in [6, 6.07) is 9.15. The van der Waals surface area contributed by atoms with Gasteiger partial charge in [0.2, 0.25) is 0 Å². The zero-order valence-electron chi connectivity index (χ0n) is 14.6. The predicted octanol–water partition coefficient (Wildman–Crippen LogP) is 3.37. The zero-order chi connectivity index (χ0) is 20.0. The number of nitrogens with one attached hydrogen (secondary N) is 2. The van der Waals surface area contributed by atoms with Gasteiger partial charge < -0.3 is 15.2 Å². The third kappa shape index (κ3) is 5.63. The van der Waals surface area contributed by atoms with Crippen molar-refractivity contribution < 1.29 is 27.8 Å². The highest BCUT2D eigenvalue weighted by atomic mass is 19.4. The second-order valence-electron chi connectivity index (χ2n) is 5.55. The van der Waals surface area contributed by atoms with E-state index in [1.54, 1.807) is 19.1 Å². The maximum atomic E-state index is 12.7. The molecule has 0 spiro atoms. The molecule has 144 valence electrons. The van der Waals surface area contributed by atoms with Crippen molar-refractivity contribution in [1.29, 1.82) is 0 Å². The van der Waals surface area contributed by atoms with E-state index in [0.717, 1.165) is 12.1 Å². The summed E-state index contributed by atoms with van der Waals surface area (Å²) in [6.45, 7) is 1.31. The van der Waals surface area contributed by atoms with Crippen LogP contribution in [-0.4, -0.2) is 30.4 Å². The number of phenols is 1. The molecule has 2 aromatic carbocycles. The minimum absolute atomic E-state index is 0.0630. The Kier molecular flexibility index (Phi) is 6.27. The van der Waals surface area contributed by atoms with Crippen molar-refractivity contribution >= 4 is 17.3 Å². The number of ether oxygens (including phenoxy) is 1. The van der Waals surface area contributed by atoms with Crippen LogP contribution < -0.4 is 15.5 Å². The first kappa shape index (κ1) is 20.1. The van der Waals surface area contributed by atoms with Gasteiger partial charge in [-0.25, -0.2) is 5.43 Å². The second kappa shape index (κ2) is 8.43. The highest BCUT2D eigenvalue weighted by molar-refractivity contribution is 6.01. The van der Waals surface area contributed by atoms with Crippen molar-refractivity contribution in [3.63, 3.8) is 0 Å². The SMILES string of the molecule is COc1ccc(C(C)=NNC(=O)CNc2cccc(C(F)(F)F)c2)c(O)c1. The van der Waals surface area contributed by atoms with Crippen LogP contribution in [0.25, 0.3) is 0 Å². The summed E-state index contributed by atoms with van der Waals surface area (Å²) in [4.78, 5) is 11.8. The van der Waals surface area contributed by atoms with Gasteiger partial charge in [0.05, 0.1) is 24.9 Å². The van der Waals surface area contributed by atoms with Crippen molar-refractivity contribution in [3.8, 4) is 11.5 Å². The third-order valence-electron chi connectivity index (χ3n) is 3.59. The molecule has 0 aliphatic carbocycles. The fourth-order valence-corrected chi connectivity index (χ4v) is 2.18. The molecule has 0 bridgehead atoms. The highest BCUT2D eigenvalue weighted by Gasteiger charge is 2.30. The summed E-state index contributed by atoms with van der Waals surface area (Å²) in [7, 11) is 1.47. The lowest BCUT2D eigenvalue weighted by atomic mass is 10.1. The number of phenolic OH excluding ortho intramolecular Hbond substituents is 1. The normalized spacial score (nSPS) is 11.8. The lowest BCUT2D eigenvalue weighted by molar-refractivity contribution is -0.137. The molecule has 27 heavy (non-hydrogen) atoms. The van der Waals surface area contributed by atoms with E-state index in [1.165, 1.54) is 25.3 Å². The standard InChI is InChI=1S/C18H18F3N3O3/c1-11(15-7-6-14(27-2)9-16(15)25)23-24-17(26)10-22-13-5-3-4-12(8-13)18(19,20)21/h3-9,22,25H,10H2,1-2H3,(H,24,26). The second-order valence-corrected chi connectivity index (χ2v) is 5.55. The Morgan fingerprint density at radius 2 is 1.96 bits per heavy atom. The van der Waals surface area contributed by atoms with Crippen LogP contribution in [0.2, 0.25) is 0 Å². The Morgan fingerprint density at radius 1 is 1.22 bits per heavy atom. The van der Waals surface area contributed by atoms with Gasteiger partial charge in [0.1, 0.15) is 11.5 Å². The molecule has 9 heteroatoms. The van der Waals surface area contributed by atoms with Gasteiger partial charge in [-0.1, -0.05) is 6.07 Å². The summed E-state index contributed by atoms with van der Waals surface area (Å²) in [5.41, 5.74) is 2.38. The molecule has 2 aromatic rings. The van der Waals surface area contributed by atoms with Gasteiger partial charge in [-0.05, 0) is 37.3 Å². The van der Waals surface area contributed by atoms with Gasteiger partial charge >= 0.3 is 6.18 Å². The number of halogens is 3. The quantitative estimate of drug-likeness (QED) is 0.529. The molecular formula is C18H18F3N3O3. The van der Waals surface area contributed by atoms with Crippen LogP contribution in [0.4, 0.5) is 18.9 Å². The predicted molar refractivity (Wildman–Crippen MR) is 94.9 cm³/mol. The molecule has 0 heterocycles. The Morgan fingerprint density at radius 3 is 2.59 bits per heavy atom. The number of anilines is 1. The van der Waals surface area contributed by atoms with E-state index >= 15 is 0 Å². The molecule has 0 aromatic heterocycles. The number of methoxy groups -OCH3 is 1. The summed E-state index contributed by atoms with van der Waals surface area (Å²) in [6.07, 6.45) is -4.46. The fraction of sp³-hybridized carbons (Fsp3) is 0.222.